The Morgan fingerprint density at radius 1 is 0.446 bits per heavy atom. The highest BCUT2D eigenvalue weighted by Crippen LogP contribution is 2.86. The monoisotopic (exact) mass is 1390 g/mol. The second kappa shape index (κ2) is 26.9. The molecule has 5 nitrogen and oxygen atoms in total. The summed E-state index contributed by atoms with van der Waals surface area (Å²) in [5.74, 6) is 22.1. The van der Waals surface area contributed by atoms with Gasteiger partial charge in [0.25, 0.3) is 0 Å². The quantitative estimate of drug-likeness (QED) is 0.170. The number of allylic oxidation sites excluding steroid dienone is 2. The van der Waals surface area contributed by atoms with Gasteiger partial charge in [0.05, 0.1) is 18.3 Å². The van der Waals surface area contributed by atoms with E-state index in [-0.39, 0.29) is 35.1 Å². The minimum Gasteiger partial charge on any atom is -0.431 e. The molecule has 1 saturated heterocycles. The summed E-state index contributed by atoms with van der Waals surface area (Å²) in [6.07, 6.45) is 61.9. The fourth-order valence-electron chi connectivity index (χ4n) is 36.5. The number of fused-ring (bicyclic) bond motifs is 18. The van der Waals surface area contributed by atoms with Crippen molar-refractivity contribution < 1.29 is 24.9 Å². The van der Waals surface area contributed by atoms with Crippen LogP contribution in [0.2, 0.25) is 0 Å². The Morgan fingerprint density at radius 3 is 1.77 bits per heavy atom. The van der Waals surface area contributed by atoms with Gasteiger partial charge in [-0.15, -0.1) is 0 Å². The minimum absolute atomic E-state index is 0.0103. The van der Waals surface area contributed by atoms with Crippen molar-refractivity contribution in [2.45, 2.75) is 391 Å². The van der Waals surface area contributed by atoms with Gasteiger partial charge in [0.1, 0.15) is 5.76 Å². The van der Waals surface area contributed by atoms with Crippen LogP contribution in [0.5, 0.6) is 0 Å². The smallest absolute Gasteiger partial charge is 0.310 e. The third kappa shape index (κ3) is 11.2. The number of aliphatic hydroxyl groups is 3. The molecule has 101 heavy (non-hydrogen) atoms. The van der Waals surface area contributed by atoms with E-state index in [1.54, 1.807) is 64.2 Å². The molecular weight excluding hydrogens is 1230 g/mol. The molecule has 0 bridgehead atoms. The lowest BCUT2D eigenvalue weighted by atomic mass is 9.44. The van der Waals surface area contributed by atoms with Crippen molar-refractivity contribution in [2.75, 3.05) is 0 Å². The van der Waals surface area contributed by atoms with Gasteiger partial charge in [-0.25, -0.2) is 0 Å². The molecule has 0 amide bonds. The topological polar surface area (TPSA) is 87.0 Å². The predicted octanol–water partition coefficient (Wildman–Crippen LogP) is 24.8. The fraction of sp³-hybridized carbons (Fsp3) is 0.969. The Balaban J connectivity index is 0.000000105. The minimum atomic E-state index is -0.120. The van der Waals surface area contributed by atoms with Crippen molar-refractivity contribution in [1.29, 1.82) is 0 Å². The zero-order valence-corrected chi connectivity index (χ0v) is 68.2. The third-order valence-corrected chi connectivity index (χ3v) is 41.5. The van der Waals surface area contributed by atoms with Crippen LogP contribution in [0.1, 0.15) is 373 Å². The molecule has 34 atom stereocenters. The van der Waals surface area contributed by atoms with Crippen LogP contribution in [0.15, 0.2) is 11.8 Å². The maximum Gasteiger partial charge on any atom is 0.310 e. The van der Waals surface area contributed by atoms with Gasteiger partial charge >= 0.3 is 5.97 Å². The van der Waals surface area contributed by atoms with Crippen LogP contribution < -0.4 is 0 Å². The molecule has 3 spiro atoms. The maximum atomic E-state index is 11.6. The van der Waals surface area contributed by atoms with Crippen molar-refractivity contribution in [3.05, 3.63) is 11.8 Å². The molecule has 0 aromatic carbocycles. The second-order valence-corrected chi connectivity index (χ2v) is 45.2. The maximum absolute atomic E-state index is 11.6. The first-order valence-corrected chi connectivity index (χ1v) is 46.1. The van der Waals surface area contributed by atoms with E-state index in [0.29, 0.717) is 56.7 Å². The Labute approximate surface area is 620 Å². The lowest BCUT2D eigenvalue weighted by molar-refractivity contribution is -0.152. The van der Waals surface area contributed by atoms with E-state index in [0.717, 1.165) is 180 Å². The molecule has 0 radical (unpaired) electrons. The van der Waals surface area contributed by atoms with Crippen molar-refractivity contribution >= 4 is 5.97 Å². The molecule has 3 N–H and O–H groups in total. The highest BCUT2D eigenvalue weighted by molar-refractivity contribution is 5.72. The molecule has 19 rings (SSSR count). The van der Waals surface area contributed by atoms with Crippen molar-refractivity contribution in [1.82, 2.24) is 0 Å². The zero-order valence-electron chi connectivity index (χ0n) is 68.2. The summed E-state index contributed by atoms with van der Waals surface area (Å²) >= 11 is 0. The number of hydrogen-bond acceptors (Lipinski definition) is 5. The summed E-state index contributed by atoms with van der Waals surface area (Å²) in [7, 11) is 0. The molecule has 1 heterocycles. The Kier molecular flexibility index (Phi) is 19.8. The first kappa shape index (κ1) is 74.2. The molecule has 18 fully saturated rings. The highest BCUT2D eigenvalue weighted by Gasteiger charge is 2.82. The Morgan fingerprint density at radius 2 is 1.06 bits per heavy atom. The van der Waals surface area contributed by atoms with Gasteiger partial charge in [-0.3, -0.25) is 4.79 Å². The number of ether oxygens (including phenoxy) is 1. The molecule has 18 aliphatic carbocycles. The summed E-state index contributed by atoms with van der Waals surface area (Å²) in [5.41, 5.74) is 4.50. The van der Waals surface area contributed by atoms with Crippen LogP contribution in [0.3, 0.4) is 0 Å². The zero-order chi connectivity index (χ0) is 71.0. The van der Waals surface area contributed by atoms with Crippen LogP contribution in [0.4, 0.5) is 0 Å². The molecule has 1 aliphatic heterocycles. The molecule has 14 unspecified atom stereocenters. The molecule has 19 aliphatic rings. The molecule has 5 heteroatoms. The Bertz CT molecular complexity index is 3000. The molecular formula is C96H158O5. The van der Waals surface area contributed by atoms with E-state index in [4.69, 9.17) is 4.74 Å². The third-order valence-electron chi connectivity index (χ3n) is 41.5. The van der Waals surface area contributed by atoms with Crippen LogP contribution in [-0.2, 0) is 9.53 Å². The summed E-state index contributed by atoms with van der Waals surface area (Å²) in [4.78, 5) is 11.6. The van der Waals surface area contributed by atoms with E-state index >= 15 is 0 Å². The number of carbonyl (C=O) groups is 1. The summed E-state index contributed by atoms with van der Waals surface area (Å²) in [6.45, 7) is 35.0. The largest absolute Gasteiger partial charge is 0.431 e. The Hall–Kier alpha value is -0.910. The fourth-order valence-corrected chi connectivity index (χ4v) is 36.5. The van der Waals surface area contributed by atoms with Gasteiger partial charge in [-0.05, 0) is 379 Å². The van der Waals surface area contributed by atoms with E-state index in [2.05, 4.69) is 103 Å². The van der Waals surface area contributed by atoms with E-state index in [1.165, 1.54) is 161 Å². The van der Waals surface area contributed by atoms with E-state index in [9.17, 15) is 20.1 Å². The number of carbonyl (C=O) groups excluding carboxylic acids is 1. The SMILES string of the molecule is CC(C)CCC[C@@H](C)[C@H]1CCC2C3C(CC[C@@]21C)[C@@]1(C)CCC[C@@H](O)[C@]12CC32.CC(C)CCC[C@@H](C)[C@H]1CCC2C3C[C@@H](O)C45C[C@H]4CC[C@]5(C)C3CC[C@@]21C.CCC[C@@H]1CC[C@]23CCC4C(CC[C@H]5CCCC[C@]45C)C2CC[C@H]13.C[C@]12CCC(=O)OC1=CCC1C2CC[C@@]2(C)C1CC[C@@H]2O. The first-order valence-electron chi connectivity index (χ1n) is 46.1. The second-order valence-electron chi connectivity index (χ2n) is 45.2. The average Bonchev–Trinajstić information content (AvgIpc) is 1.48. The van der Waals surface area contributed by atoms with Gasteiger partial charge in [-0.2, -0.15) is 0 Å². The molecule has 0 aromatic rings. The van der Waals surface area contributed by atoms with Gasteiger partial charge < -0.3 is 20.1 Å². The van der Waals surface area contributed by atoms with Crippen LogP contribution in [-0.4, -0.2) is 39.6 Å². The standard InChI is InChI=1S/2C27H46O.C24H40.C18H26O3/c1-17(2)8-6-9-18(3)19-11-12-20-24-21(13-15-25(19,20)4)26(5)14-7-10-23(28)27(26)16-22(24)27;1-17(2)7-6-8-18(3)21-9-10-22-20-15-24(28)27-16-19(27)11-14-26(27,5)23(20)12-13-25(21,22)4;1-3-6-17-12-15-24-16-13-21-19(22(24)11-10-20(17)24)9-8-18-7-4-5-14-23(18,21)2;1-17-9-7-13-11(12(17)4-5-14(17)19)3-6-15-18(13,2)10-8-16(20)21-15/h2*17-24,28H,6-16H2,1-5H3;17-22H,3-16H2,1-2H3;6,11-14,19H,3-5,7-10H2,1-2H3/t18-,19-,20?,21?,22?,23-,24?,25-,26-,27-;18-,19-,20?,21-,22?,23?,24-,25-,26-,27?;17-,18-,19?,20-,21?,22?,23+,24-;11?,12?,13?,14-,17-,18+/m1110/s1. The number of rotatable bonds is 12. The lowest BCUT2D eigenvalue weighted by Gasteiger charge is -2.60. The van der Waals surface area contributed by atoms with Crippen LogP contribution in [0.25, 0.3) is 0 Å². The summed E-state index contributed by atoms with van der Waals surface area (Å²) in [6, 6.07) is 0. The predicted molar refractivity (Wildman–Crippen MR) is 415 cm³/mol. The van der Waals surface area contributed by atoms with Crippen molar-refractivity contribution in [3.8, 4) is 0 Å². The average molecular weight is 1390 g/mol. The van der Waals surface area contributed by atoms with Crippen molar-refractivity contribution in [2.24, 2.45) is 190 Å². The molecule has 572 valence electrons. The lowest BCUT2D eigenvalue weighted by Crippen LogP contribution is -2.56. The van der Waals surface area contributed by atoms with Crippen molar-refractivity contribution in [3.63, 3.8) is 0 Å². The van der Waals surface area contributed by atoms with Gasteiger partial charge in [-0.1, -0.05) is 168 Å². The highest BCUT2D eigenvalue weighted by atomic mass is 16.5. The normalized spacial score (nSPS) is 55.0. The first-order chi connectivity index (χ1) is 48.1. The van der Waals surface area contributed by atoms with Crippen LogP contribution >= 0.6 is 0 Å². The number of aliphatic hydroxyl groups excluding tert-OH is 3. The van der Waals surface area contributed by atoms with Gasteiger partial charge in [0.15, 0.2) is 0 Å². The summed E-state index contributed by atoms with van der Waals surface area (Å²) in [5, 5.41) is 32.8. The number of esters is 1. The van der Waals surface area contributed by atoms with Gasteiger partial charge in [0.2, 0.25) is 0 Å². The van der Waals surface area contributed by atoms with E-state index < -0.39 is 0 Å². The molecule has 17 saturated carbocycles. The molecule has 0 aromatic heterocycles. The van der Waals surface area contributed by atoms with Crippen LogP contribution in [0, 0.1) is 190 Å². The van der Waals surface area contributed by atoms with Gasteiger partial charge in [0, 0.05) is 22.7 Å². The number of hydrogen-bond donors (Lipinski definition) is 3. The van der Waals surface area contributed by atoms with E-state index in [1.807, 2.05) is 0 Å². The summed E-state index contributed by atoms with van der Waals surface area (Å²) < 4.78 is 5.57.